The van der Waals surface area contributed by atoms with Crippen molar-refractivity contribution in [3.63, 3.8) is 0 Å². The maximum Gasteiger partial charge on any atom is 0.241 e. The first-order chi connectivity index (χ1) is 11.8. The summed E-state index contributed by atoms with van der Waals surface area (Å²) in [6.45, 7) is 6.49. The normalized spacial score (nSPS) is 31.0. The van der Waals surface area contributed by atoms with Crippen LogP contribution < -0.4 is 16.2 Å². The van der Waals surface area contributed by atoms with Gasteiger partial charge < -0.3 is 10.2 Å². The Morgan fingerprint density at radius 1 is 1.08 bits per heavy atom. The van der Waals surface area contributed by atoms with Crippen LogP contribution >= 0.6 is 0 Å². The molecule has 0 radical (unpaired) electrons. The first-order valence-electron chi connectivity index (χ1n) is 9.08. The Hall–Kier alpha value is -1.47. The Kier molecular flexibility index (Phi) is 4.80. The number of nitrogens with zero attached hydrogens (tertiary/aromatic N) is 2. The average molecular weight is 329 g/mol. The zero-order chi connectivity index (χ0) is 16.4. The van der Waals surface area contributed by atoms with Crippen LogP contribution in [-0.2, 0) is 11.3 Å². The number of piperazine rings is 1. The van der Waals surface area contributed by atoms with Gasteiger partial charge in [-0.2, -0.15) is 0 Å². The smallest absolute Gasteiger partial charge is 0.241 e. The van der Waals surface area contributed by atoms with Crippen LogP contribution in [0.25, 0.3) is 0 Å². The highest BCUT2D eigenvalue weighted by Crippen LogP contribution is 2.22. The standard InChI is InChI=1S/C18H27N5O/c24-18(17-15-12-19-7-6-16(15)20-21-17)23-10-8-22(9-11-23)13-14-4-2-1-3-5-14/h1-5,15-17,19-21H,6-13H2. The molecule has 3 unspecified atom stereocenters. The van der Waals surface area contributed by atoms with Crippen molar-refractivity contribution in [3.05, 3.63) is 35.9 Å². The number of nitrogens with one attached hydrogen (secondary N) is 3. The van der Waals surface area contributed by atoms with Crippen molar-refractivity contribution >= 4 is 5.91 Å². The summed E-state index contributed by atoms with van der Waals surface area (Å²) >= 11 is 0. The second kappa shape index (κ2) is 7.19. The largest absolute Gasteiger partial charge is 0.339 e. The van der Waals surface area contributed by atoms with Crippen LogP contribution in [0.15, 0.2) is 30.3 Å². The summed E-state index contributed by atoms with van der Waals surface area (Å²) in [5, 5.41) is 3.42. The molecule has 4 rings (SSSR count). The van der Waals surface area contributed by atoms with Gasteiger partial charge in [0, 0.05) is 51.2 Å². The van der Waals surface area contributed by atoms with Gasteiger partial charge in [-0.3, -0.25) is 15.1 Å². The van der Waals surface area contributed by atoms with E-state index < -0.39 is 0 Å². The molecule has 6 heteroatoms. The Bertz CT molecular complexity index is 558. The van der Waals surface area contributed by atoms with Gasteiger partial charge in [-0.05, 0) is 18.5 Å². The van der Waals surface area contributed by atoms with Gasteiger partial charge >= 0.3 is 0 Å². The molecule has 3 atom stereocenters. The van der Waals surface area contributed by atoms with Gasteiger partial charge in [0.15, 0.2) is 0 Å². The Morgan fingerprint density at radius 2 is 1.88 bits per heavy atom. The predicted octanol–water partition coefficient (Wildman–Crippen LogP) is -0.215. The lowest BCUT2D eigenvalue weighted by Gasteiger charge is -2.37. The second-order valence-electron chi connectivity index (χ2n) is 7.12. The third-order valence-corrected chi connectivity index (χ3v) is 5.58. The number of carbonyl (C=O) groups is 1. The van der Waals surface area contributed by atoms with Crippen molar-refractivity contribution in [2.24, 2.45) is 5.92 Å². The lowest BCUT2D eigenvalue weighted by Crippen LogP contribution is -2.55. The molecular weight excluding hydrogens is 302 g/mol. The molecule has 0 aromatic heterocycles. The monoisotopic (exact) mass is 329 g/mol. The summed E-state index contributed by atoms with van der Waals surface area (Å²) in [4.78, 5) is 17.4. The van der Waals surface area contributed by atoms with Gasteiger partial charge in [0.25, 0.3) is 0 Å². The average Bonchev–Trinajstić information content (AvgIpc) is 3.07. The fraction of sp³-hybridized carbons (Fsp3) is 0.611. The third kappa shape index (κ3) is 3.32. The quantitative estimate of drug-likeness (QED) is 0.716. The minimum Gasteiger partial charge on any atom is -0.339 e. The van der Waals surface area contributed by atoms with Gasteiger partial charge in [-0.1, -0.05) is 30.3 Å². The molecule has 3 saturated heterocycles. The van der Waals surface area contributed by atoms with E-state index in [0.717, 1.165) is 52.2 Å². The molecule has 0 saturated carbocycles. The van der Waals surface area contributed by atoms with Crippen LogP contribution in [0, 0.1) is 5.92 Å². The van der Waals surface area contributed by atoms with Crippen molar-refractivity contribution in [2.75, 3.05) is 39.3 Å². The summed E-state index contributed by atoms with van der Waals surface area (Å²) in [5.74, 6) is 0.631. The molecule has 0 spiro atoms. The molecule has 3 aliphatic heterocycles. The summed E-state index contributed by atoms with van der Waals surface area (Å²) in [6, 6.07) is 10.9. The van der Waals surface area contributed by atoms with Crippen molar-refractivity contribution in [1.82, 2.24) is 26.0 Å². The van der Waals surface area contributed by atoms with E-state index >= 15 is 0 Å². The zero-order valence-electron chi connectivity index (χ0n) is 14.1. The van der Waals surface area contributed by atoms with E-state index in [1.807, 2.05) is 4.90 Å². The van der Waals surface area contributed by atoms with Crippen LogP contribution in [0.2, 0.25) is 0 Å². The van der Waals surface area contributed by atoms with E-state index in [0.29, 0.717) is 12.0 Å². The van der Waals surface area contributed by atoms with Crippen molar-refractivity contribution in [1.29, 1.82) is 0 Å². The topological polar surface area (TPSA) is 59.6 Å². The number of hydrogen-bond acceptors (Lipinski definition) is 5. The summed E-state index contributed by atoms with van der Waals surface area (Å²) in [5.41, 5.74) is 7.92. The molecule has 3 aliphatic rings. The molecule has 1 aromatic rings. The van der Waals surface area contributed by atoms with E-state index in [1.165, 1.54) is 5.56 Å². The number of fused-ring (bicyclic) bond motifs is 1. The predicted molar refractivity (Wildman–Crippen MR) is 93.1 cm³/mol. The molecule has 0 aliphatic carbocycles. The highest BCUT2D eigenvalue weighted by atomic mass is 16.2. The van der Waals surface area contributed by atoms with Crippen LogP contribution in [0.4, 0.5) is 0 Å². The summed E-state index contributed by atoms with van der Waals surface area (Å²) < 4.78 is 0. The molecule has 3 N–H and O–H groups in total. The van der Waals surface area contributed by atoms with E-state index in [1.54, 1.807) is 0 Å². The maximum atomic E-state index is 12.9. The van der Waals surface area contributed by atoms with Crippen LogP contribution in [0.5, 0.6) is 0 Å². The van der Waals surface area contributed by atoms with Gasteiger partial charge in [-0.25, -0.2) is 5.43 Å². The minimum atomic E-state index is -0.0801. The van der Waals surface area contributed by atoms with Gasteiger partial charge in [0.2, 0.25) is 5.91 Å². The number of rotatable bonds is 3. The number of hydrazine groups is 1. The highest BCUT2D eigenvalue weighted by Gasteiger charge is 2.42. The SMILES string of the molecule is O=C(C1NNC2CCNCC21)N1CCN(Cc2ccccc2)CC1. The zero-order valence-corrected chi connectivity index (χ0v) is 14.1. The maximum absolute atomic E-state index is 12.9. The highest BCUT2D eigenvalue weighted by molar-refractivity contribution is 5.82. The minimum absolute atomic E-state index is 0.0801. The lowest BCUT2D eigenvalue weighted by atomic mass is 9.89. The lowest BCUT2D eigenvalue weighted by molar-refractivity contribution is -0.136. The van der Waals surface area contributed by atoms with Crippen molar-refractivity contribution < 1.29 is 4.79 Å². The molecule has 130 valence electrons. The third-order valence-electron chi connectivity index (χ3n) is 5.58. The number of hydrogen-bond donors (Lipinski definition) is 3. The van der Waals surface area contributed by atoms with Crippen molar-refractivity contribution in [2.45, 2.75) is 25.0 Å². The Morgan fingerprint density at radius 3 is 2.67 bits per heavy atom. The van der Waals surface area contributed by atoms with E-state index in [9.17, 15) is 4.79 Å². The number of piperidine rings is 1. The molecule has 1 aromatic carbocycles. The van der Waals surface area contributed by atoms with Crippen LogP contribution in [0.1, 0.15) is 12.0 Å². The number of carbonyl (C=O) groups excluding carboxylic acids is 1. The second-order valence-corrected chi connectivity index (χ2v) is 7.12. The first kappa shape index (κ1) is 16.0. The van der Waals surface area contributed by atoms with Gasteiger partial charge in [0.1, 0.15) is 6.04 Å². The molecule has 3 fully saturated rings. The Labute approximate surface area is 143 Å². The number of benzene rings is 1. The van der Waals surface area contributed by atoms with Crippen molar-refractivity contribution in [3.8, 4) is 0 Å². The van der Waals surface area contributed by atoms with Gasteiger partial charge in [-0.15, -0.1) is 0 Å². The molecule has 0 bridgehead atoms. The fourth-order valence-electron chi connectivity index (χ4n) is 4.13. The van der Waals surface area contributed by atoms with Crippen LogP contribution in [-0.4, -0.2) is 67.1 Å². The molecule has 6 nitrogen and oxygen atoms in total. The fourth-order valence-corrected chi connectivity index (χ4v) is 4.13. The van der Waals surface area contributed by atoms with Crippen LogP contribution in [0.3, 0.4) is 0 Å². The molecule has 3 heterocycles. The number of amides is 1. The molecule has 1 amide bonds. The summed E-state index contributed by atoms with van der Waals surface area (Å²) in [6.07, 6.45) is 1.09. The van der Waals surface area contributed by atoms with E-state index in [2.05, 4.69) is 51.4 Å². The van der Waals surface area contributed by atoms with E-state index in [4.69, 9.17) is 0 Å². The van der Waals surface area contributed by atoms with E-state index in [-0.39, 0.29) is 11.9 Å². The van der Waals surface area contributed by atoms with Gasteiger partial charge in [0.05, 0.1) is 0 Å². The first-order valence-corrected chi connectivity index (χ1v) is 9.08. The Balaban J connectivity index is 1.30. The molecule has 24 heavy (non-hydrogen) atoms. The molecular formula is C18H27N5O. The summed E-state index contributed by atoms with van der Waals surface area (Å²) in [7, 11) is 0.